The monoisotopic (exact) mass is 527 g/mol. The fraction of sp³-hybridized carbons (Fsp3) is 0. The number of hydrogen-bond donors (Lipinski definition) is 1. The van der Waals surface area contributed by atoms with Crippen LogP contribution in [-0.2, 0) is 0 Å². The second-order valence-electron chi connectivity index (χ2n) is 9.88. The lowest BCUT2D eigenvalue weighted by Crippen LogP contribution is -2.12. The molecule has 2 N–H and O–H groups in total. The average Bonchev–Trinajstić information content (AvgIpc) is 3.05. The molecule has 0 heterocycles. The Hall–Kier alpha value is -5.47. The average molecular weight is 528 g/mol. The first kappa shape index (κ1) is 25.8. The van der Waals surface area contributed by atoms with Gasteiger partial charge in [-0.3, -0.25) is 4.79 Å². The number of hydrogen-bond acceptors (Lipinski definition) is 1. The van der Waals surface area contributed by atoms with Crippen molar-refractivity contribution in [3.05, 3.63) is 192 Å². The van der Waals surface area contributed by atoms with E-state index in [1.165, 1.54) is 11.1 Å². The summed E-state index contributed by atoms with van der Waals surface area (Å²) < 4.78 is 0. The van der Waals surface area contributed by atoms with Gasteiger partial charge < -0.3 is 5.73 Å². The highest BCUT2D eigenvalue weighted by molar-refractivity contribution is 6.07. The Labute approximate surface area is 241 Å². The van der Waals surface area contributed by atoms with Crippen molar-refractivity contribution in [1.29, 1.82) is 0 Å². The van der Waals surface area contributed by atoms with Crippen LogP contribution in [0.25, 0.3) is 33.4 Å². The van der Waals surface area contributed by atoms with Gasteiger partial charge in [0.1, 0.15) is 0 Å². The molecule has 0 radical (unpaired) electrons. The van der Waals surface area contributed by atoms with Gasteiger partial charge in [-0.25, -0.2) is 0 Å². The fourth-order valence-corrected chi connectivity index (χ4v) is 5.44. The summed E-state index contributed by atoms with van der Waals surface area (Å²) in [4.78, 5) is 12.1. The van der Waals surface area contributed by atoms with Crippen molar-refractivity contribution in [3.8, 4) is 22.3 Å². The van der Waals surface area contributed by atoms with E-state index < -0.39 is 5.91 Å². The standard InChI is InChI=1S/C39H29NO/c40-39(41)36-23-13-11-21-34(36)29-26-24-28(25-27-29)33-20-10-12-22-35(33)38(32-18-8-3-9-19-32)37(30-14-4-1-5-15-30)31-16-6-2-7-17-31/h1-27H,(H2,40,41). The lowest BCUT2D eigenvalue weighted by molar-refractivity contribution is 0.100. The molecule has 0 aliphatic heterocycles. The molecular weight excluding hydrogens is 498 g/mol. The van der Waals surface area contributed by atoms with Crippen molar-refractivity contribution < 1.29 is 4.79 Å². The van der Waals surface area contributed by atoms with Gasteiger partial charge in [-0.2, -0.15) is 0 Å². The highest BCUT2D eigenvalue weighted by atomic mass is 16.1. The zero-order valence-corrected chi connectivity index (χ0v) is 22.6. The molecule has 2 heteroatoms. The van der Waals surface area contributed by atoms with Gasteiger partial charge >= 0.3 is 0 Å². The van der Waals surface area contributed by atoms with Crippen LogP contribution >= 0.6 is 0 Å². The van der Waals surface area contributed by atoms with E-state index in [-0.39, 0.29) is 0 Å². The number of carbonyl (C=O) groups is 1. The van der Waals surface area contributed by atoms with Crippen molar-refractivity contribution in [2.75, 3.05) is 0 Å². The van der Waals surface area contributed by atoms with Gasteiger partial charge in [0, 0.05) is 5.56 Å². The number of benzene rings is 6. The summed E-state index contributed by atoms with van der Waals surface area (Å²) in [6.07, 6.45) is 0. The molecular formula is C39H29NO. The second-order valence-corrected chi connectivity index (χ2v) is 9.88. The number of nitrogens with two attached hydrogens (primary N) is 1. The predicted octanol–water partition coefficient (Wildman–Crippen LogP) is 9.13. The Morgan fingerprint density at radius 1 is 0.366 bits per heavy atom. The second kappa shape index (κ2) is 11.7. The first-order chi connectivity index (χ1) is 20.2. The largest absolute Gasteiger partial charge is 0.366 e. The smallest absolute Gasteiger partial charge is 0.249 e. The van der Waals surface area contributed by atoms with Gasteiger partial charge in [0.15, 0.2) is 0 Å². The van der Waals surface area contributed by atoms with Crippen LogP contribution in [0.15, 0.2) is 164 Å². The van der Waals surface area contributed by atoms with Crippen LogP contribution in [0.2, 0.25) is 0 Å². The van der Waals surface area contributed by atoms with Crippen LogP contribution in [-0.4, -0.2) is 5.91 Å². The molecule has 0 aliphatic carbocycles. The summed E-state index contributed by atoms with van der Waals surface area (Å²) in [5.41, 5.74) is 17.1. The molecule has 0 saturated heterocycles. The summed E-state index contributed by atoms with van der Waals surface area (Å²) in [6, 6.07) is 56.2. The third kappa shape index (κ3) is 5.36. The van der Waals surface area contributed by atoms with E-state index in [0.717, 1.165) is 44.5 Å². The highest BCUT2D eigenvalue weighted by Crippen LogP contribution is 2.41. The predicted molar refractivity (Wildman–Crippen MR) is 170 cm³/mol. The molecule has 6 aromatic carbocycles. The maximum Gasteiger partial charge on any atom is 0.249 e. The first-order valence-electron chi connectivity index (χ1n) is 13.7. The van der Waals surface area contributed by atoms with Gasteiger partial charge in [0.25, 0.3) is 0 Å². The number of rotatable bonds is 7. The number of amides is 1. The fourth-order valence-electron chi connectivity index (χ4n) is 5.44. The molecule has 6 rings (SSSR count). The summed E-state index contributed by atoms with van der Waals surface area (Å²) in [6.45, 7) is 0. The minimum atomic E-state index is -0.429. The highest BCUT2D eigenvalue weighted by Gasteiger charge is 2.19. The SMILES string of the molecule is NC(=O)c1ccccc1-c1ccc(-c2ccccc2C(=C(c2ccccc2)c2ccccc2)c2ccccc2)cc1. The maximum absolute atomic E-state index is 12.1. The van der Waals surface area contributed by atoms with Crippen LogP contribution in [0.5, 0.6) is 0 Å². The van der Waals surface area contributed by atoms with Crippen LogP contribution in [0.3, 0.4) is 0 Å². The first-order valence-corrected chi connectivity index (χ1v) is 13.7. The molecule has 0 aromatic heterocycles. The molecule has 0 spiro atoms. The van der Waals surface area contributed by atoms with Gasteiger partial charge in [-0.15, -0.1) is 0 Å². The lowest BCUT2D eigenvalue weighted by Gasteiger charge is -2.20. The van der Waals surface area contributed by atoms with Gasteiger partial charge in [-0.1, -0.05) is 158 Å². The zero-order valence-electron chi connectivity index (χ0n) is 22.6. The van der Waals surface area contributed by atoms with Crippen molar-refractivity contribution >= 4 is 17.1 Å². The van der Waals surface area contributed by atoms with Crippen LogP contribution in [0.1, 0.15) is 32.6 Å². The molecule has 41 heavy (non-hydrogen) atoms. The normalized spacial score (nSPS) is 10.6. The third-order valence-electron chi connectivity index (χ3n) is 7.33. The van der Waals surface area contributed by atoms with Crippen molar-refractivity contribution in [2.24, 2.45) is 5.73 Å². The van der Waals surface area contributed by atoms with E-state index >= 15 is 0 Å². The topological polar surface area (TPSA) is 43.1 Å². The minimum absolute atomic E-state index is 0.429. The van der Waals surface area contributed by atoms with E-state index in [1.807, 2.05) is 18.2 Å². The molecule has 0 atom stereocenters. The number of primary amides is 1. The molecule has 0 fully saturated rings. The molecule has 1 amide bonds. The Morgan fingerprint density at radius 2 is 0.707 bits per heavy atom. The van der Waals surface area contributed by atoms with E-state index in [1.54, 1.807) is 6.07 Å². The third-order valence-corrected chi connectivity index (χ3v) is 7.33. The molecule has 0 aliphatic rings. The van der Waals surface area contributed by atoms with Crippen LogP contribution in [0, 0.1) is 0 Å². The zero-order chi connectivity index (χ0) is 28.0. The van der Waals surface area contributed by atoms with Crippen molar-refractivity contribution in [3.63, 3.8) is 0 Å². The summed E-state index contributed by atoms with van der Waals surface area (Å²) in [5.74, 6) is -0.429. The Balaban J connectivity index is 1.58. The number of carbonyl (C=O) groups excluding carboxylic acids is 1. The van der Waals surface area contributed by atoms with E-state index in [2.05, 4.69) is 140 Å². The summed E-state index contributed by atoms with van der Waals surface area (Å²) in [5, 5.41) is 0. The molecule has 6 aromatic rings. The van der Waals surface area contributed by atoms with Gasteiger partial charge in [0.05, 0.1) is 0 Å². The summed E-state index contributed by atoms with van der Waals surface area (Å²) in [7, 11) is 0. The minimum Gasteiger partial charge on any atom is -0.366 e. The maximum atomic E-state index is 12.1. The molecule has 2 nitrogen and oxygen atoms in total. The molecule has 0 saturated carbocycles. The Morgan fingerprint density at radius 3 is 1.15 bits per heavy atom. The van der Waals surface area contributed by atoms with Crippen molar-refractivity contribution in [1.82, 2.24) is 0 Å². The van der Waals surface area contributed by atoms with Crippen LogP contribution < -0.4 is 5.73 Å². The Bertz CT molecular complexity index is 1780. The Kier molecular flexibility index (Phi) is 7.38. The van der Waals surface area contributed by atoms with Gasteiger partial charge in [0.2, 0.25) is 5.91 Å². The van der Waals surface area contributed by atoms with E-state index in [9.17, 15) is 4.79 Å². The van der Waals surface area contributed by atoms with Crippen molar-refractivity contribution in [2.45, 2.75) is 0 Å². The molecule has 0 bridgehead atoms. The van der Waals surface area contributed by atoms with Gasteiger partial charge in [-0.05, 0) is 61.7 Å². The van der Waals surface area contributed by atoms with Crippen LogP contribution in [0.4, 0.5) is 0 Å². The van der Waals surface area contributed by atoms with E-state index in [4.69, 9.17) is 5.73 Å². The lowest BCUT2D eigenvalue weighted by atomic mass is 9.83. The molecule has 0 unspecified atom stereocenters. The quantitative estimate of drug-likeness (QED) is 0.207. The van der Waals surface area contributed by atoms with E-state index in [0.29, 0.717) is 5.56 Å². The summed E-state index contributed by atoms with van der Waals surface area (Å²) >= 11 is 0. The molecule has 196 valence electrons.